The van der Waals surface area contributed by atoms with Crippen molar-refractivity contribution in [1.29, 1.82) is 0 Å². The zero-order valence-electron chi connectivity index (χ0n) is 25.8. The zero-order chi connectivity index (χ0) is 33.4. The third-order valence-corrected chi connectivity index (χ3v) is 10.1. The fourth-order valence-corrected chi connectivity index (χ4v) is 6.87. The van der Waals surface area contributed by atoms with E-state index in [0.29, 0.717) is 27.2 Å². The van der Waals surface area contributed by atoms with Gasteiger partial charge >= 0.3 is 0 Å². The standard InChI is InChI=1S/C35H36Cl3N3O4S/c1-24(2)21-39-35(43)33(18-26-10-6-4-7-11-26)40(22-27-15-16-28(36)19-32(27)38)34(42)23-41(29-17-14-25(3)31(37)20-29)46(44,45)30-12-8-5-9-13-30/h4-17,19-20,24,33H,18,21-23H2,1-3H3,(H,39,43)/t33-/m0/s1. The van der Waals surface area contributed by atoms with Gasteiger partial charge in [0.05, 0.1) is 10.6 Å². The number of carbonyl (C=O) groups is 2. The molecule has 0 aliphatic carbocycles. The van der Waals surface area contributed by atoms with Crippen molar-refractivity contribution in [2.45, 2.75) is 44.7 Å². The largest absolute Gasteiger partial charge is 0.354 e. The Labute approximate surface area is 286 Å². The Kier molecular flexibility index (Phi) is 12.1. The summed E-state index contributed by atoms with van der Waals surface area (Å²) in [6, 6.07) is 25.9. The number of amides is 2. The number of sulfonamides is 1. The van der Waals surface area contributed by atoms with Gasteiger partial charge in [-0.15, -0.1) is 0 Å². The van der Waals surface area contributed by atoms with Gasteiger partial charge in [0.15, 0.2) is 0 Å². The first-order valence-electron chi connectivity index (χ1n) is 14.8. The van der Waals surface area contributed by atoms with E-state index in [9.17, 15) is 18.0 Å². The van der Waals surface area contributed by atoms with Crippen LogP contribution in [0.15, 0.2) is 102 Å². The summed E-state index contributed by atoms with van der Waals surface area (Å²) in [5.74, 6) is -0.816. The van der Waals surface area contributed by atoms with Crippen LogP contribution in [-0.4, -0.2) is 44.3 Å². The van der Waals surface area contributed by atoms with Gasteiger partial charge in [0, 0.05) is 34.6 Å². The van der Waals surface area contributed by atoms with Crippen LogP contribution in [0.25, 0.3) is 0 Å². The number of anilines is 1. The van der Waals surface area contributed by atoms with Gasteiger partial charge in [-0.2, -0.15) is 0 Å². The number of aryl methyl sites for hydroxylation is 1. The van der Waals surface area contributed by atoms with Gasteiger partial charge in [0.25, 0.3) is 10.0 Å². The average molecular weight is 701 g/mol. The van der Waals surface area contributed by atoms with Crippen LogP contribution in [-0.2, 0) is 32.6 Å². The third-order valence-electron chi connectivity index (χ3n) is 7.36. The molecule has 4 aromatic rings. The molecule has 242 valence electrons. The molecule has 0 aliphatic rings. The van der Waals surface area contributed by atoms with Crippen LogP contribution in [0.1, 0.15) is 30.5 Å². The van der Waals surface area contributed by atoms with Crippen LogP contribution in [0, 0.1) is 12.8 Å². The number of rotatable bonds is 13. The second kappa shape index (κ2) is 15.8. The van der Waals surface area contributed by atoms with Crippen molar-refractivity contribution in [3.05, 3.63) is 129 Å². The van der Waals surface area contributed by atoms with E-state index in [-0.39, 0.29) is 35.4 Å². The monoisotopic (exact) mass is 699 g/mol. The molecule has 0 aliphatic heterocycles. The van der Waals surface area contributed by atoms with Crippen molar-refractivity contribution in [3.8, 4) is 0 Å². The number of benzene rings is 4. The van der Waals surface area contributed by atoms with Crippen LogP contribution < -0.4 is 9.62 Å². The van der Waals surface area contributed by atoms with Gasteiger partial charge in [0.1, 0.15) is 12.6 Å². The Morgan fingerprint density at radius 2 is 1.48 bits per heavy atom. The van der Waals surface area contributed by atoms with Crippen molar-refractivity contribution < 1.29 is 18.0 Å². The molecule has 46 heavy (non-hydrogen) atoms. The highest BCUT2D eigenvalue weighted by molar-refractivity contribution is 7.92. The first-order chi connectivity index (χ1) is 21.9. The van der Waals surface area contributed by atoms with E-state index in [0.717, 1.165) is 15.4 Å². The summed E-state index contributed by atoms with van der Waals surface area (Å²) in [6.07, 6.45) is 0.184. The molecule has 0 saturated carbocycles. The van der Waals surface area contributed by atoms with Crippen LogP contribution >= 0.6 is 34.8 Å². The van der Waals surface area contributed by atoms with E-state index in [4.69, 9.17) is 34.8 Å². The fourth-order valence-electron chi connectivity index (χ4n) is 4.80. The summed E-state index contributed by atoms with van der Waals surface area (Å²) in [6.45, 7) is 5.46. The second-order valence-corrected chi connectivity index (χ2v) is 14.5. The van der Waals surface area contributed by atoms with E-state index in [1.54, 1.807) is 55.5 Å². The average Bonchev–Trinajstić information content (AvgIpc) is 3.03. The molecule has 0 heterocycles. The van der Waals surface area contributed by atoms with E-state index in [1.165, 1.54) is 23.1 Å². The highest BCUT2D eigenvalue weighted by Crippen LogP contribution is 2.29. The molecule has 4 rings (SSSR count). The number of halogens is 3. The summed E-state index contributed by atoms with van der Waals surface area (Å²) in [5.41, 5.74) is 2.33. The maximum Gasteiger partial charge on any atom is 0.264 e. The number of hydrogen-bond donors (Lipinski definition) is 1. The topological polar surface area (TPSA) is 86.8 Å². The molecule has 0 saturated heterocycles. The molecule has 1 N–H and O–H groups in total. The van der Waals surface area contributed by atoms with E-state index < -0.39 is 28.5 Å². The fraction of sp³-hybridized carbons (Fsp3) is 0.257. The van der Waals surface area contributed by atoms with Crippen molar-refractivity contribution in [1.82, 2.24) is 10.2 Å². The molecule has 1 atom stereocenters. The van der Waals surface area contributed by atoms with Crippen LogP contribution in [0.4, 0.5) is 5.69 Å². The quantitative estimate of drug-likeness (QED) is 0.156. The maximum absolute atomic E-state index is 14.6. The summed E-state index contributed by atoms with van der Waals surface area (Å²) in [4.78, 5) is 29.8. The van der Waals surface area contributed by atoms with Crippen LogP contribution in [0.5, 0.6) is 0 Å². The Balaban J connectivity index is 1.83. The minimum Gasteiger partial charge on any atom is -0.354 e. The Morgan fingerprint density at radius 1 is 0.826 bits per heavy atom. The third kappa shape index (κ3) is 9.04. The SMILES string of the molecule is Cc1ccc(N(CC(=O)N(Cc2ccc(Cl)cc2Cl)[C@@H](Cc2ccccc2)C(=O)NCC(C)C)S(=O)(=O)c2ccccc2)cc1Cl. The Morgan fingerprint density at radius 3 is 2.09 bits per heavy atom. The summed E-state index contributed by atoms with van der Waals surface area (Å²) >= 11 is 19.2. The van der Waals surface area contributed by atoms with Gasteiger partial charge in [0.2, 0.25) is 11.8 Å². The zero-order valence-corrected chi connectivity index (χ0v) is 28.9. The number of carbonyl (C=O) groups excluding carboxylic acids is 2. The van der Waals surface area contributed by atoms with Crippen molar-refractivity contribution in [2.75, 3.05) is 17.4 Å². The molecule has 7 nitrogen and oxygen atoms in total. The predicted molar refractivity (Wildman–Crippen MR) is 186 cm³/mol. The molecule has 0 bridgehead atoms. The van der Waals surface area contributed by atoms with Crippen molar-refractivity contribution >= 4 is 62.3 Å². The van der Waals surface area contributed by atoms with Gasteiger partial charge in [-0.05, 0) is 65.9 Å². The second-order valence-electron chi connectivity index (χ2n) is 11.4. The van der Waals surface area contributed by atoms with Gasteiger partial charge in [-0.3, -0.25) is 13.9 Å². The first-order valence-corrected chi connectivity index (χ1v) is 17.3. The molecule has 0 aromatic heterocycles. The Hall–Kier alpha value is -3.56. The molecule has 0 fully saturated rings. The lowest BCUT2D eigenvalue weighted by Crippen LogP contribution is -2.53. The lowest BCUT2D eigenvalue weighted by atomic mass is 10.0. The molecule has 11 heteroatoms. The molecule has 0 radical (unpaired) electrons. The van der Waals surface area contributed by atoms with Crippen molar-refractivity contribution in [3.63, 3.8) is 0 Å². The van der Waals surface area contributed by atoms with E-state index in [1.807, 2.05) is 44.2 Å². The smallest absolute Gasteiger partial charge is 0.264 e. The molecular weight excluding hydrogens is 665 g/mol. The first kappa shape index (κ1) is 35.3. The van der Waals surface area contributed by atoms with Crippen LogP contribution in [0.2, 0.25) is 15.1 Å². The molecule has 0 spiro atoms. The normalized spacial score (nSPS) is 12.1. The summed E-state index contributed by atoms with van der Waals surface area (Å²) in [5, 5.41) is 4.04. The summed E-state index contributed by atoms with van der Waals surface area (Å²) in [7, 11) is -4.24. The highest BCUT2D eigenvalue weighted by atomic mass is 35.5. The molecule has 0 unspecified atom stereocenters. The number of hydrogen-bond acceptors (Lipinski definition) is 4. The minimum atomic E-state index is -4.24. The summed E-state index contributed by atoms with van der Waals surface area (Å²) < 4.78 is 29.2. The van der Waals surface area contributed by atoms with Crippen LogP contribution in [0.3, 0.4) is 0 Å². The molecular formula is C35H36Cl3N3O4S. The minimum absolute atomic E-state index is 0.00213. The lowest BCUT2D eigenvalue weighted by molar-refractivity contribution is -0.140. The van der Waals surface area contributed by atoms with Crippen molar-refractivity contribution in [2.24, 2.45) is 5.92 Å². The number of nitrogens with one attached hydrogen (secondary N) is 1. The number of nitrogens with zero attached hydrogens (tertiary/aromatic N) is 2. The molecule has 2 amide bonds. The van der Waals surface area contributed by atoms with E-state index >= 15 is 0 Å². The Bertz CT molecular complexity index is 1770. The van der Waals surface area contributed by atoms with E-state index in [2.05, 4.69) is 5.32 Å². The maximum atomic E-state index is 14.6. The highest BCUT2D eigenvalue weighted by Gasteiger charge is 2.35. The van der Waals surface area contributed by atoms with Gasteiger partial charge < -0.3 is 10.2 Å². The van der Waals surface area contributed by atoms with Gasteiger partial charge in [-0.1, -0.05) is 109 Å². The predicted octanol–water partition coefficient (Wildman–Crippen LogP) is 7.56. The lowest BCUT2D eigenvalue weighted by Gasteiger charge is -2.34. The molecule has 4 aromatic carbocycles. The van der Waals surface area contributed by atoms with Gasteiger partial charge in [-0.25, -0.2) is 8.42 Å².